The molecular weight excluding hydrogens is 277 g/mol. The van der Waals surface area contributed by atoms with Crippen molar-refractivity contribution in [3.63, 3.8) is 0 Å². The number of nitrogens with zero attached hydrogens (tertiary/aromatic N) is 2. The highest BCUT2D eigenvalue weighted by molar-refractivity contribution is 7.92. The third-order valence-corrected chi connectivity index (χ3v) is 4.54. The van der Waals surface area contributed by atoms with Crippen molar-refractivity contribution in [1.82, 2.24) is 9.97 Å². The Morgan fingerprint density at radius 1 is 1.35 bits per heavy atom. The molecule has 2 aromatic rings. The van der Waals surface area contributed by atoms with Gasteiger partial charge in [0.25, 0.3) is 0 Å². The summed E-state index contributed by atoms with van der Waals surface area (Å²) >= 11 is 0.673. The average Bonchev–Trinajstić information content (AvgIpc) is 2.57. The minimum absolute atomic E-state index is 0.00317. The molecule has 0 unspecified atom stereocenters. The summed E-state index contributed by atoms with van der Waals surface area (Å²) in [6.07, 6.45) is -2.93. The van der Waals surface area contributed by atoms with Crippen LogP contribution >= 0.6 is 11.3 Å². The van der Waals surface area contributed by atoms with E-state index >= 15 is 0 Å². The van der Waals surface area contributed by atoms with Gasteiger partial charge in [-0.1, -0.05) is 0 Å². The van der Waals surface area contributed by atoms with Gasteiger partial charge in [0.15, 0.2) is 5.65 Å². The molecular formula is C8H5F3N2O2S2. The van der Waals surface area contributed by atoms with E-state index < -0.39 is 21.6 Å². The molecule has 0 aromatic carbocycles. The molecule has 0 saturated heterocycles. The van der Waals surface area contributed by atoms with E-state index in [9.17, 15) is 21.6 Å². The Bertz CT molecular complexity index is 676. The third-order valence-electron chi connectivity index (χ3n) is 1.87. The quantitative estimate of drug-likeness (QED) is 0.803. The summed E-state index contributed by atoms with van der Waals surface area (Å²) in [4.78, 5) is 7.16. The second-order valence-electron chi connectivity index (χ2n) is 3.30. The number of halogens is 3. The van der Waals surface area contributed by atoms with Crippen LogP contribution in [0.5, 0.6) is 0 Å². The van der Waals surface area contributed by atoms with Gasteiger partial charge in [0.05, 0.1) is 10.3 Å². The summed E-state index contributed by atoms with van der Waals surface area (Å²) in [6.45, 7) is 0. The Morgan fingerprint density at radius 3 is 2.53 bits per heavy atom. The lowest BCUT2D eigenvalue weighted by atomic mass is 10.3. The van der Waals surface area contributed by atoms with E-state index in [1.165, 1.54) is 0 Å². The van der Waals surface area contributed by atoms with E-state index in [2.05, 4.69) is 9.97 Å². The van der Waals surface area contributed by atoms with Crippen LogP contribution in [-0.4, -0.2) is 24.6 Å². The van der Waals surface area contributed by atoms with Gasteiger partial charge in [0.2, 0.25) is 14.2 Å². The van der Waals surface area contributed by atoms with E-state index in [1.54, 1.807) is 0 Å². The van der Waals surface area contributed by atoms with E-state index in [0.29, 0.717) is 17.5 Å². The highest BCUT2D eigenvalue weighted by Crippen LogP contribution is 2.32. The normalized spacial score (nSPS) is 13.2. The van der Waals surface area contributed by atoms with Crippen molar-refractivity contribution in [2.45, 2.75) is 10.5 Å². The maximum atomic E-state index is 12.4. The maximum absolute atomic E-state index is 12.4. The summed E-state index contributed by atoms with van der Waals surface area (Å²) in [7, 11) is -3.53. The summed E-state index contributed by atoms with van der Waals surface area (Å²) in [5.74, 6) is 0. The van der Waals surface area contributed by atoms with Gasteiger partial charge in [0.1, 0.15) is 0 Å². The Balaban J connectivity index is 2.64. The van der Waals surface area contributed by atoms with Crippen molar-refractivity contribution in [2.24, 2.45) is 0 Å². The number of sulfone groups is 1. The zero-order valence-corrected chi connectivity index (χ0v) is 9.95. The van der Waals surface area contributed by atoms with Crippen molar-refractivity contribution >= 4 is 31.5 Å². The predicted molar refractivity (Wildman–Crippen MR) is 55.5 cm³/mol. The van der Waals surface area contributed by atoms with Gasteiger partial charge in [-0.25, -0.2) is 18.4 Å². The molecule has 2 aromatic heterocycles. The molecule has 0 aliphatic heterocycles. The molecule has 0 radical (unpaired) electrons. The number of hydrogen-bond donors (Lipinski definition) is 0. The Labute approximate surface area is 98.0 Å². The first-order chi connectivity index (χ1) is 7.68. The molecule has 17 heavy (non-hydrogen) atoms. The molecule has 0 atom stereocenters. The minimum atomic E-state index is -4.50. The predicted octanol–water partition coefficient (Wildman–Crippen LogP) is 2.11. The number of thiazole rings is 1. The van der Waals surface area contributed by atoms with Crippen molar-refractivity contribution in [1.29, 1.82) is 0 Å². The van der Waals surface area contributed by atoms with Crippen molar-refractivity contribution in [3.05, 3.63) is 17.8 Å². The van der Waals surface area contributed by atoms with Gasteiger partial charge in [-0.2, -0.15) is 13.2 Å². The number of pyridine rings is 1. The first-order valence-corrected chi connectivity index (χ1v) is 6.92. The molecule has 0 fully saturated rings. The fourth-order valence-corrected chi connectivity index (χ4v) is 2.94. The molecule has 0 amide bonds. The lowest BCUT2D eigenvalue weighted by Gasteiger charge is -2.04. The summed E-state index contributed by atoms with van der Waals surface area (Å²) in [5, 5.41) is 0. The van der Waals surface area contributed by atoms with Gasteiger partial charge in [0, 0.05) is 12.5 Å². The molecule has 9 heteroatoms. The van der Waals surface area contributed by atoms with Gasteiger partial charge >= 0.3 is 6.18 Å². The van der Waals surface area contributed by atoms with Crippen molar-refractivity contribution in [3.8, 4) is 0 Å². The van der Waals surface area contributed by atoms with Gasteiger partial charge < -0.3 is 0 Å². The zero-order chi connectivity index (χ0) is 12.8. The SMILES string of the molecule is CS(=O)(=O)c1nc2ncc(C(F)(F)F)cc2s1. The van der Waals surface area contributed by atoms with Crippen LogP contribution in [0.25, 0.3) is 10.3 Å². The number of hydrogen-bond acceptors (Lipinski definition) is 5. The number of fused-ring (bicyclic) bond motifs is 1. The molecule has 4 nitrogen and oxygen atoms in total. The van der Waals surface area contributed by atoms with E-state index in [1.807, 2.05) is 0 Å². The number of alkyl halides is 3. The molecule has 0 aliphatic carbocycles. The lowest BCUT2D eigenvalue weighted by Crippen LogP contribution is -2.04. The fourth-order valence-electron chi connectivity index (χ4n) is 1.11. The molecule has 0 saturated carbocycles. The molecule has 0 N–H and O–H groups in total. The van der Waals surface area contributed by atoms with Crippen LogP contribution in [-0.2, 0) is 16.0 Å². The van der Waals surface area contributed by atoms with Crippen molar-refractivity contribution < 1.29 is 21.6 Å². The summed E-state index contributed by atoms with van der Waals surface area (Å²) < 4.78 is 59.4. The number of aromatic nitrogens is 2. The molecule has 92 valence electrons. The highest BCUT2D eigenvalue weighted by Gasteiger charge is 2.31. The first-order valence-electron chi connectivity index (χ1n) is 4.22. The lowest BCUT2D eigenvalue weighted by molar-refractivity contribution is -0.137. The first kappa shape index (κ1) is 12.2. The third kappa shape index (κ3) is 2.39. The highest BCUT2D eigenvalue weighted by atomic mass is 32.2. The van der Waals surface area contributed by atoms with Crippen LogP contribution < -0.4 is 0 Å². The topological polar surface area (TPSA) is 59.9 Å². The maximum Gasteiger partial charge on any atom is 0.417 e. The van der Waals surface area contributed by atoms with E-state index in [0.717, 1.165) is 12.3 Å². The second-order valence-corrected chi connectivity index (χ2v) is 6.52. The Morgan fingerprint density at radius 2 is 2.00 bits per heavy atom. The second kappa shape index (κ2) is 3.64. The largest absolute Gasteiger partial charge is 0.417 e. The van der Waals surface area contributed by atoms with Gasteiger partial charge in [-0.15, -0.1) is 11.3 Å². The monoisotopic (exact) mass is 282 g/mol. The van der Waals surface area contributed by atoms with Crippen LogP contribution in [0.4, 0.5) is 13.2 Å². The Hall–Kier alpha value is -1.22. The zero-order valence-electron chi connectivity index (χ0n) is 8.32. The van der Waals surface area contributed by atoms with Crippen molar-refractivity contribution in [2.75, 3.05) is 6.26 Å². The molecule has 0 spiro atoms. The average molecular weight is 282 g/mol. The van der Waals surface area contributed by atoms with Crippen LogP contribution in [0.3, 0.4) is 0 Å². The molecule has 2 heterocycles. The van der Waals surface area contributed by atoms with E-state index in [-0.39, 0.29) is 14.7 Å². The summed E-state index contributed by atoms with van der Waals surface area (Å²) in [5.41, 5.74) is -0.919. The minimum Gasteiger partial charge on any atom is -0.235 e. The number of rotatable bonds is 1. The molecule has 0 bridgehead atoms. The van der Waals surface area contributed by atoms with Crippen LogP contribution in [0.2, 0.25) is 0 Å². The van der Waals surface area contributed by atoms with Gasteiger partial charge in [-0.05, 0) is 6.07 Å². The van der Waals surface area contributed by atoms with E-state index in [4.69, 9.17) is 0 Å². The standard InChI is InChI=1S/C8H5F3N2O2S2/c1-17(14,15)7-13-6-5(16-7)2-4(3-12-6)8(9,10)11/h2-3H,1H3. The van der Waals surface area contributed by atoms with Crippen LogP contribution in [0.15, 0.2) is 16.6 Å². The fraction of sp³-hybridized carbons (Fsp3) is 0.250. The van der Waals surface area contributed by atoms with Crippen LogP contribution in [0.1, 0.15) is 5.56 Å². The Kier molecular flexibility index (Phi) is 2.62. The molecule has 0 aliphatic rings. The summed E-state index contributed by atoms with van der Waals surface area (Å²) in [6, 6.07) is 0.842. The molecule has 2 rings (SSSR count). The van der Waals surface area contributed by atoms with Gasteiger partial charge in [-0.3, -0.25) is 0 Å². The van der Waals surface area contributed by atoms with Crippen LogP contribution in [0, 0.1) is 0 Å². The smallest absolute Gasteiger partial charge is 0.235 e.